The van der Waals surface area contributed by atoms with Crippen LogP contribution in [0.25, 0.3) is 0 Å². The van der Waals surface area contributed by atoms with E-state index in [-0.39, 0.29) is 0 Å². The lowest BCUT2D eigenvalue weighted by molar-refractivity contribution is -0.125. The minimum atomic E-state index is 0.346. The first-order chi connectivity index (χ1) is 12.2. The van der Waals surface area contributed by atoms with Gasteiger partial charge in [0.15, 0.2) is 0 Å². The second kappa shape index (κ2) is 9.01. The number of carbonyl (C=O) groups is 1. The molecular weight excluding hydrogens is 304 g/mol. The summed E-state index contributed by atoms with van der Waals surface area (Å²) in [5, 5.41) is 0. The van der Waals surface area contributed by atoms with Crippen LogP contribution in [0.2, 0.25) is 0 Å². The van der Waals surface area contributed by atoms with Crippen LogP contribution < -0.4 is 0 Å². The predicted octanol–water partition coefficient (Wildman–Crippen LogP) is 7.01. The lowest BCUT2D eigenvalue weighted by Gasteiger charge is -2.30. The molecule has 0 radical (unpaired) electrons. The van der Waals surface area contributed by atoms with Gasteiger partial charge in [0, 0.05) is 12.3 Å². The van der Waals surface area contributed by atoms with Gasteiger partial charge in [0.05, 0.1) is 0 Å². The summed E-state index contributed by atoms with van der Waals surface area (Å²) >= 11 is 0. The third kappa shape index (κ3) is 4.74. The molecule has 1 aromatic carbocycles. The van der Waals surface area contributed by atoms with Crippen molar-refractivity contribution in [3.63, 3.8) is 0 Å². The van der Waals surface area contributed by atoms with Gasteiger partial charge in [0.2, 0.25) is 0 Å². The molecule has 2 aliphatic carbocycles. The number of benzene rings is 1. The van der Waals surface area contributed by atoms with Crippen molar-refractivity contribution < 1.29 is 4.79 Å². The number of Topliss-reactive ketones (excluding diaryl/α,β-unsaturated/α-hetero) is 1. The van der Waals surface area contributed by atoms with Crippen LogP contribution in [-0.2, 0) is 4.79 Å². The van der Waals surface area contributed by atoms with Crippen molar-refractivity contribution in [3.05, 3.63) is 35.4 Å². The van der Waals surface area contributed by atoms with Gasteiger partial charge in [-0.3, -0.25) is 4.79 Å². The molecule has 0 bridgehead atoms. The maximum atomic E-state index is 12.4. The highest BCUT2D eigenvalue weighted by Crippen LogP contribution is 2.39. The number of hydrogen-bond donors (Lipinski definition) is 0. The highest BCUT2D eigenvalue weighted by atomic mass is 16.1. The quantitative estimate of drug-likeness (QED) is 0.544. The number of rotatable bonds is 6. The molecule has 0 aromatic heterocycles. The zero-order chi connectivity index (χ0) is 17.6. The maximum Gasteiger partial charge on any atom is 0.136 e. The van der Waals surface area contributed by atoms with Gasteiger partial charge >= 0.3 is 0 Å². The van der Waals surface area contributed by atoms with Gasteiger partial charge in [0.1, 0.15) is 5.78 Å². The minimum absolute atomic E-state index is 0.346. The van der Waals surface area contributed by atoms with E-state index < -0.39 is 0 Å². The fraction of sp³-hybridized carbons (Fsp3) is 0.708. The Kier molecular flexibility index (Phi) is 6.73. The number of hydrogen-bond acceptors (Lipinski definition) is 1. The van der Waals surface area contributed by atoms with Gasteiger partial charge < -0.3 is 0 Å². The van der Waals surface area contributed by atoms with Crippen LogP contribution in [0.3, 0.4) is 0 Å². The van der Waals surface area contributed by atoms with E-state index in [0.29, 0.717) is 17.6 Å². The Morgan fingerprint density at radius 1 is 0.760 bits per heavy atom. The Labute approximate surface area is 154 Å². The summed E-state index contributed by atoms with van der Waals surface area (Å²) < 4.78 is 0. The van der Waals surface area contributed by atoms with Crippen molar-refractivity contribution in [2.24, 2.45) is 11.8 Å². The fourth-order valence-electron chi connectivity index (χ4n) is 5.25. The fourth-order valence-corrected chi connectivity index (χ4v) is 5.25. The lowest BCUT2D eigenvalue weighted by atomic mass is 9.75. The van der Waals surface area contributed by atoms with Crippen molar-refractivity contribution in [3.8, 4) is 0 Å². The van der Waals surface area contributed by atoms with E-state index in [1.165, 1.54) is 56.1 Å². The SMILES string of the molecule is CCC[C@@H]1CC[C@@H](c2ccc([C@H]3CC[C@H](CCC)CC3)cc2)CC1=O. The monoisotopic (exact) mass is 340 g/mol. The average molecular weight is 341 g/mol. The minimum Gasteiger partial charge on any atom is -0.299 e. The second-order valence-corrected chi connectivity index (χ2v) is 8.60. The molecule has 1 heteroatoms. The van der Waals surface area contributed by atoms with Crippen molar-refractivity contribution in [1.29, 1.82) is 0 Å². The molecular formula is C24H36O. The summed E-state index contributed by atoms with van der Waals surface area (Å²) in [5.74, 6) is 3.07. The van der Waals surface area contributed by atoms with Crippen molar-refractivity contribution >= 4 is 5.78 Å². The van der Waals surface area contributed by atoms with Crippen LogP contribution in [-0.4, -0.2) is 5.78 Å². The normalized spacial score (nSPS) is 30.4. The van der Waals surface area contributed by atoms with Crippen LogP contribution in [0.1, 0.15) is 107 Å². The summed E-state index contributed by atoms with van der Waals surface area (Å²) in [4.78, 5) is 12.4. The molecule has 25 heavy (non-hydrogen) atoms. The molecule has 0 heterocycles. The van der Waals surface area contributed by atoms with Crippen LogP contribution >= 0.6 is 0 Å². The largest absolute Gasteiger partial charge is 0.299 e. The molecule has 1 aromatic rings. The average Bonchev–Trinajstić information content (AvgIpc) is 2.65. The Balaban J connectivity index is 1.55. The molecule has 2 fully saturated rings. The Hall–Kier alpha value is -1.11. The number of ketones is 1. The Morgan fingerprint density at radius 2 is 1.32 bits per heavy atom. The van der Waals surface area contributed by atoms with E-state index in [1.807, 2.05) is 0 Å². The maximum absolute atomic E-state index is 12.4. The van der Waals surface area contributed by atoms with E-state index in [2.05, 4.69) is 38.1 Å². The van der Waals surface area contributed by atoms with E-state index in [1.54, 1.807) is 0 Å². The topological polar surface area (TPSA) is 17.1 Å². The number of carbonyl (C=O) groups excluding carboxylic acids is 1. The van der Waals surface area contributed by atoms with Gasteiger partial charge in [-0.2, -0.15) is 0 Å². The Morgan fingerprint density at radius 3 is 1.88 bits per heavy atom. The first-order valence-corrected chi connectivity index (χ1v) is 10.8. The van der Waals surface area contributed by atoms with Crippen molar-refractivity contribution in [1.82, 2.24) is 0 Å². The van der Waals surface area contributed by atoms with E-state index in [0.717, 1.165) is 37.5 Å². The summed E-state index contributed by atoms with van der Waals surface area (Å²) in [7, 11) is 0. The van der Waals surface area contributed by atoms with Crippen LogP contribution in [0.15, 0.2) is 24.3 Å². The summed E-state index contributed by atoms with van der Waals surface area (Å²) in [5.41, 5.74) is 2.93. The zero-order valence-corrected chi connectivity index (χ0v) is 16.3. The lowest BCUT2D eigenvalue weighted by Crippen LogP contribution is -2.23. The molecule has 0 saturated heterocycles. The molecule has 2 aliphatic rings. The van der Waals surface area contributed by atoms with Gasteiger partial charge in [-0.25, -0.2) is 0 Å². The summed E-state index contributed by atoms with van der Waals surface area (Å²) in [6.45, 7) is 4.50. The first kappa shape index (κ1) is 18.7. The predicted molar refractivity (Wildman–Crippen MR) is 106 cm³/mol. The molecule has 0 N–H and O–H groups in total. The van der Waals surface area contributed by atoms with E-state index in [4.69, 9.17) is 0 Å². The molecule has 0 aliphatic heterocycles. The molecule has 138 valence electrons. The highest BCUT2D eigenvalue weighted by molar-refractivity contribution is 5.82. The second-order valence-electron chi connectivity index (χ2n) is 8.60. The standard InChI is InChI=1S/C24H36O/c1-3-5-18-7-9-19(10-8-18)20-11-13-21(14-12-20)23-16-15-22(6-4-2)24(25)17-23/h11-14,18-19,22-23H,3-10,15-17H2,1-2H3/t18-,19-,22-,23-/m1/s1. The van der Waals surface area contributed by atoms with Gasteiger partial charge in [0.25, 0.3) is 0 Å². The summed E-state index contributed by atoms with van der Waals surface area (Å²) in [6.07, 6.45) is 13.6. The van der Waals surface area contributed by atoms with Crippen molar-refractivity contribution in [2.75, 3.05) is 0 Å². The first-order valence-electron chi connectivity index (χ1n) is 10.8. The van der Waals surface area contributed by atoms with E-state index in [9.17, 15) is 4.79 Å². The third-order valence-electron chi connectivity index (χ3n) is 6.83. The zero-order valence-electron chi connectivity index (χ0n) is 16.3. The molecule has 1 nitrogen and oxygen atoms in total. The van der Waals surface area contributed by atoms with Crippen LogP contribution in [0.4, 0.5) is 0 Å². The third-order valence-corrected chi connectivity index (χ3v) is 6.83. The molecule has 3 rings (SSSR count). The highest BCUT2D eigenvalue weighted by Gasteiger charge is 2.29. The van der Waals surface area contributed by atoms with E-state index >= 15 is 0 Å². The Bertz CT molecular complexity index is 536. The summed E-state index contributed by atoms with van der Waals surface area (Å²) in [6, 6.07) is 9.38. The van der Waals surface area contributed by atoms with Gasteiger partial charge in [-0.1, -0.05) is 57.4 Å². The molecule has 0 unspecified atom stereocenters. The van der Waals surface area contributed by atoms with Crippen LogP contribution in [0, 0.1) is 11.8 Å². The molecule has 0 spiro atoms. The van der Waals surface area contributed by atoms with Crippen molar-refractivity contribution in [2.45, 2.75) is 96.3 Å². The van der Waals surface area contributed by atoms with Gasteiger partial charge in [-0.15, -0.1) is 0 Å². The smallest absolute Gasteiger partial charge is 0.136 e. The molecule has 2 saturated carbocycles. The van der Waals surface area contributed by atoms with Gasteiger partial charge in [-0.05, 0) is 73.8 Å². The van der Waals surface area contributed by atoms with Crippen LogP contribution in [0.5, 0.6) is 0 Å². The molecule has 0 amide bonds. The molecule has 2 atom stereocenters.